The molecular weight excluding hydrogens is 396 g/mol. The number of piperazine rings is 1. The van der Waals surface area contributed by atoms with Gasteiger partial charge in [-0.25, -0.2) is 9.97 Å². The number of benzene rings is 1. The topological polar surface area (TPSA) is 66.3 Å². The van der Waals surface area contributed by atoms with E-state index in [0.29, 0.717) is 12.1 Å². The molecule has 8 heteroatoms. The van der Waals surface area contributed by atoms with Gasteiger partial charge in [0.2, 0.25) is 0 Å². The van der Waals surface area contributed by atoms with E-state index in [1.165, 1.54) is 10.1 Å². The number of thiophene rings is 1. The number of aromatic nitrogens is 3. The van der Waals surface area contributed by atoms with E-state index in [9.17, 15) is 4.79 Å². The van der Waals surface area contributed by atoms with Gasteiger partial charge in [0.25, 0.3) is 5.91 Å². The molecule has 154 valence electrons. The second-order valence-corrected chi connectivity index (χ2v) is 8.67. The van der Waals surface area contributed by atoms with E-state index in [1.807, 2.05) is 36.0 Å². The molecular formula is C22H24N6OS. The summed E-state index contributed by atoms with van der Waals surface area (Å²) in [6, 6.07) is 7.96. The molecule has 0 aliphatic carbocycles. The van der Waals surface area contributed by atoms with Crippen LogP contribution in [0.4, 0.5) is 5.82 Å². The summed E-state index contributed by atoms with van der Waals surface area (Å²) in [5.41, 5.74) is 1.48. The third kappa shape index (κ3) is 3.42. The molecule has 1 aromatic carbocycles. The number of imidazole rings is 1. The van der Waals surface area contributed by atoms with Gasteiger partial charge in [-0.15, -0.1) is 11.3 Å². The van der Waals surface area contributed by atoms with Gasteiger partial charge in [-0.2, -0.15) is 0 Å². The summed E-state index contributed by atoms with van der Waals surface area (Å²) in [6.45, 7) is 4.37. The minimum Gasteiger partial charge on any atom is -0.353 e. The number of nitrogens with one attached hydrogen (secondary N) is 1. The van der Waals surface area contributed by atoms with Crippen LogP contribution in [0.3, 0.4) is 0 Å². The van der Waals surface area contributed by atoms with Crippen molar-refractivity contribution in [3.63, 3.8) is 0 Å². The van der Waals surface area contributed by atoms with Crippen LogP contribution in [0.1, 0.15) is 16.2 Å². The lowest BCUT2D eigenvalue weighted by Crippen LogP contribution is -2.44. The molecule has 1 amide bonds. The highest BCUT2D eigenvalue weighted by Crippen LogP contribution is 2.35. The van der Waals surface area contributed by atoms with Crippen LogP contribution < -0.4 is 10.2 Å². The van der Waals surface area contributed by atoms with Crippen molar-refractivity contribution in [1.29, 1.82) is 0 Å². The van der Waals surface area contributed by atoms with E-state index in [-0.39, 0.29) is 5.91 Å². The largest absolute Gasteiger partial charge is 0.353 e. The van der Waals surface area contributed by atoms with Gasteiger partial charge in [-0.3, -0.25) is 4.79 Å². The normalized spacial score (nSPS) is 15.2. The molecule has 0 atom stereocenters. The number of rotatable bonds is 4. The van der Waals surface area contributed by atoms with Crippen LogP contribution in [0.15, 0.2) is 42.0 Å². The van der Waals surface area contributed by atoms with Gasteiger partial charge in [0.1, 0.15) is 11.6 Å². The van der Waals surface area contributed by atoms with Crippen LogP contribution in [0.25, 0.3) is 21.0 Å². The summed E-state index contributed by atoms with van der Waals surface area (Å²) in [7, 11) is 4.07. The standard InChI is InChI=1S/C22H24N6OS/c1-26-8-10-28(11-9-26)21-17-5-12-30-20(17)16-4-3-15(13-18(16)25-21)22(29)24-14-19-23-6-7-27(19)2/h3-7,12-13H,8-11,14H2,1-2H3,(H,24,29). The summed E-state index contributed by atoms with van der Waals surface area (Å²) >= 11 is 1.73. The zero-order chi connectivity index (χ0) is 20.7. The highest BCUT2D eigenvalue weighted by molar-refractivity contribution is 7.18. The Morgan fingerprint density at radius 3 is 2.73 bits per heavy atom. The molecule has 1 N–H and O–H groups in total. The Kier molecular flexibility index (Phi) is 4.88. The predicted molar refractivity (Wildman–Crippen MR) is 121 cm³/mol. The summed E-state index contributed by atoms with van der Waals surface area (Å²) in [5, 5.41) is 7.38. The first kappa shape index (κ1) is 19.0. The Balaban J connectivity index is 1.48. The molecule has 1 aliphatic rings. The molecule has 3 aromatic heterocycles. The number of fused-ring (bicyclic) bond motifs is 3. The number of carbonyl (C=O) groups is 1. The van der Waals surface area contributed by atoms with E-state index in [1.54, 1.807) is 17.5 Å². The minimum absolute atomic E-state index is 0.117. The highest BCUT2D eigenvalue weighted by Gasteiger charge is 2.20. The Morgan fingerprint density at radius 1 is 1.13 bits per heavy atom. The molecule has 1 aliphatic heterocycles. The van der Waals surface area contributed by atoms with E-state index >= 15 is 0 Å². The molecule has 1 fully saturated rings. The number of aryl methyl sites for hydroxylation is 1. The zero-order valence-electron chi connectivity index (χ0n) is 17.1. The van der Waals surface area contributed by atoms with Crippen LogP contribution in [0.2, 0.25) is 0 Å². The van der Waals surface area contributed by atoms with Crippen molar-refractivity contribution in [1.82, 2.24) is 24.8 Å². The SMILES string of the molecule is CN1CCN(c2nc3cc(C(=O)NCc4nccn4C)ccc3c3sccc23)CC1. The highest BCUT2D eigenvalue weighted by atomic mass is 32.1. The quantitative estimate of drug-likeness (QED) is 0.550. The summed E-state index contributed by atoms with van der Waals surface area (Å²) in [4.78, 5) is 26.7. The molecule has 0 radical (unpaired) electrons. The molecule has 5 rings (SSSR count). The summed E-state index contributed by atoms with van der Waals surface area (Å²) in [5.74, 6) is 1.73. The molecule has 0 bridgehead atoms. The Hall–Kier alpha value is -2.97. The number of hydrogen-bond donors (Lipinski definition) is 1. The first-order valence-electron chi connectivity index (χ1n) is 10.1. The van der Waals surface area contributed by atoms with Crippen molar-refractivity contribution in [3.8, 4) is 0 Å². The lowest BCUT2D eigenvalue weighted by Gasteiger charge is -2.33. The lowest BCUT2D eigenvalue weighted by atomic mass is 10.1. The number of carbonyl (C=O) groups excluding carboxylic acids is 1. The minimum atomic E-state index is -0.117. The van der Waals surface area contributed by atoms with Gasteiger partial charge in [0.15, 0.2) is 0 Å². The number of pyridine rings is 1. The van der Waals surface area contributed by atoms with E-state index in [0.717, 1.165) is 48.7 Å². The van der Waals surface area contributed by atoms with Crippen molar-refractivity contribution in [3.05, 3.63) is 53.4 Å². The maximum atomic E-state index is 12.7. The predicted octanol–water partition coefficient (Wildman–Crippen LogP) is 2.86. The second-order valence-electron chi connectivity index (χ2n) is 7.76. The maximum Gasteiger partial charge on any atom is 0.251 e. The Morgan fingerprint density at radius 2 is 1.97 bits per heavy atom. The van der Waals surface area contributed by atoms with Crippen LogP contribution in [-0.4, -0.2) is 58.6 Å². The number of nitrogens with zero attached hydrogens (tertiary/aromatic N) is 5. The number of likely N-dealkylation sites (N-methyl/N-ethyl adjacent to an activating group) is 1. The average Bonchev–Trinajstić information content (AvgIpc) is 3.41. The number of hydrogen-bond acceptors (Lipinski definition) is 6. The smallest absolute Gasteiger partial charge is 0.251 e. The van der Waals surface area contributed by atoms with E-state index in [4.69, 9.17) is 4.98 Å². The zero-order valence-corrected chi connectivity index (χ0v) is 17.9. The Labute approximate surface area is 178 Å². The molecule has 0 unspecified atom stereocenters. The molecule has 4 aromatic rings. The van der Waals surface area contributed by atoms with Crippen LogP contribution in [0.5, 0.6) is 0 Å². The number of amides is 1. The molecule has 0 saturated carbocycles. The van der Waals surface area contributed by atoms with E-state index < -0.39 is 0 Å². The van der Waals surface area contributed by atoms with Gasteiger partial charge < -0.3 is 19.7 Å². The maximum absolute atomic E-state index is 12.7. The first-order valence-corrected chi connectivity index (χ1v) is 11.0. The van der Waals surface area contributed by atoms with Crippen molar-refractivity contribution >= 4 is 44.1 Å². The molecule has 4 heterocycles. The van der Waals surface area contributed by atoms with Crippen LogP contribution in [0, 0.1) is 0 Å². The monoisotopic (exact) mass is 420 g/mol. The first-order chi connectivity index (χ1) is 14.6. The van der Waals surface area contributed by atoms with Crippen molar-refractivity contribution < 1.29 is 4.79 Å². The lowest BCUT2D eigenvalue weighted by molar-refractivity contribution is 0.0949. The fourth-order valence-electron chi connectivity index (χ4n) is 3.91. The molecule has 0 spiro atoms. The Bertz CT molecular complexity index is 1220. The third-order valence-electron chi connectivity index (χ3n) is 5.77. The fraction of sp³-hybridized carbons (Fsp3) is 0.318. The van der Waals surface area contributed by atoms with Gasteiger partial charge >= 0.3 is 0 Å². The summed E-state index contributed by atoms with van der Waals surface area (Å²) in [6.07, 6.45) is 3.60. The summed E-state index contributed by atoms with van der Waals surface area (Å²) < 4.78 is 3.13. The molecule has 30 heavy (non-hydrogen) atoms. The van der Waals surface area contributed by atoms with Gasteiger partial charge in [0.05, 0.1) is 12.1 Å². The average molecular weight is 421 g/mol. The van der Waals surface area contributed by atoms with Crippen molar-refractivity contribution in [2.45, 2.75) is 6.54 Å². The third-order valence-corrected chi connectivity index (χ3v) is 6.72. The van der Waals surface area contributed by atoms with E-state index in [2.05, 4.69) is 38.6 Å². The van der Waals surface area contributed by atoms with Crippen molar-refractivity contribution in [2.24, 2.45) is 7.05 Å². The second kappa shape index (κ2) is 7.70. The van der Waals surface area contributed by atoms with Crippen LogP contribution in [-0.2, 0) is 13.6 Å². The molecule has 1 saturated heterocycles. The van der Waals surface area contributed by atoms with Gasteiger partial charge in [-0.1, -0.05) is 6.07 Å². The molecule has 7 nitrogen and oxygen atoms in total. The van der Waals surface area contributed by atoms with Gasteiger partial charge in [0, 0.05) is 66.7 Å². The van der Waals surface area contributed by atoms with Gasteiger partial charge in [-0.05, 0) is 30.6 Å². The van der Waals surface area contributed by atoms with Crippen LogP contribution >= 0.6 is 11.3 Å². The fourth-order valence-corrected chi connectivity index (χ4v) is 4.84. The van der Waals surface area contributed by atoms with Crippen molar-refractivity contribution in [2.75, 3.05) is 38.1 Å². The number of anilines is 1.